The fourth-order valence-corrected chi connectivity index (χ4v) is 2.41. The van der Waals surface area contributed by atoms with Crippen LogP contribution in [0.4, 0.5) is 0 Å². The lowest BCUT2D eigenvalue weighted by Gasteiger charge is -2.20. The maximum Gasteiger partial charge on any atom is 0.140 e. The molecule has 0 atom stereocenters. The highest BCUT2D eigenvalue weighted by Gasteiger charge is 2.22. The van der Waals surface area contributed by atoms with E-state index in [0.29, 0.717) is 29.7 Å². The quantitative estimate of drug-likeness (QED) is 0.842. The summed E-state index contributed by atoms with van der Waals surface area (Å²) in [7, 11) is 0. The zero-order valence-corrected chi connectivity index (χ0v) is 10.9. The minimum atomic E-state index is 0.110. The number of carbonyl (C=O) groups is 1. The lowest BCUT2D eigenvalue weighted by atomic mass is 9.91. The van der Waals surface area contributed by atoms with E-state index in [9.17, 15) is 4.79 Å². The molecule has 0 N–H and O–H groups in total. The number of halogens is 2. The zero-order valence-electron chi connectivity index (χ0n) is 9.42. The molecule has 92 valence electrons. The minimum Gasteiger partial charge on any atom is -0.381 e. The smallest absolute Gasteiger partial charge is 0.140 e. The molecular formula is C13H14Cl2O2. The van der Waals surface area contributed by atoms with Crippen LogP contribution < -0.4 is 0 Å². The maximum absolute atomic E-state index is 12.1. The Morgan fingerprint density at radius 2 is 2.00 bits per heavy atom. The third kappa shape index (κ3) is 3.44. The number of rotatable bonds is 3. The summed E-state index contributed by atoms with van der Waals surface area (Å²) in [5.41, 5.74) is 0.815. The highest BCUT2D eigenvalue weighted by molar-refractivity contribution is 6.33. The van der Waals surface area contributed by atoms with Crippen LogP contribution in [0.1, 0.15) is 18.4 Å². The molecule has 1 aliphatic rings. The van der Waals surface area contributed by atoms with Crippen molar-refractivity contribution in [2.24, 2.45) is 5.92 Å². The van der Waals surface area contributed by atoms with Gasteiger partial charge in [-0.1, -0.05) is 23.2 Å². The van der Waals surface area contributed by atoms with Gasteiger partial charge in [0.1, 0.15) is 5.78 Å². The van der Waals surface area contributed by atoms with Crippen molar-refractivity contribution < 1.29 is 9.53 Å². The molecule has 1 saturated heterocycles. The molecule has 0 saturated carbocycles. The SMILES string of the molecule is O=C(Cc1cc(Cl)ccc1Cl)C1CCOCC1. The van der Waals surface area contributed by atoms with Crippen molar-refractivity contribution >= 4 is 29.0 Å². The molecule has 17 heavy (non-hydrogen) atoms. The fourth-order valence-electron chi connectivity index (χ4n) is 2.03. The summed E-state index contributed by atoms with van der Waals surface area (Å²) in [5.74, 6) is 0.344. The van der Waals surface area contributed by atoms with Gasteiger partial charge in [0.05, 0.1) is 0 Å². The van der Waals surface area contributed by atoms with Crippen molar-refractivity contribution in [2.75, 3.05) is 13.2 Å². The first kappa shape index (κ1) is 12.9. The van der Waals surface area contributed by atoms with Gasteiger partial charge >= 0.3 is 0 Å². The molecule has 2 rings (SSSR count). The number of ketones is 1. The van der Waals surface area contributed by atoms with Crippen molar-refractivity contribution in [3.8, 4) is 0 Å². The van der Waals surface area contributed by atoms with Gasteiger partial charge in [0.25, 0.3) is 0 Å². The van der Waals surface area contributed by atoms with Crippen LogP contribution in [-0.2, 0) is 16.0 Å². The number of Topliss-reactive ketones (excluding diaryl/α,β-unsaturated/α-hetero) is 1. The average molecular weight is 273 g/mol. The Labute approximate surface area is 111 Å². The Balaban J connectivity index is 2.04. The molecule has 1 heterocycles. The summed E-state index contributed by atoms with van der Waals surface area (Å²) in [6, 6.07) is 5.23. The van der Waals surface area contributed by atoms with Crippen molar-refractivity contribution in [3.63, 3.8) is 0 Å². The van der Waals surface area contributed by atoms with Gasteiger partial charge in [-0.3, -0.25) is 4.79 Å². The lowest BCUT2D eigenvalue weighted by Crippen LogP contribution is -2.24. The Morgan fingerprint density at radius 1 is 1.29 bits per heavy atom. The van der Waals surface area contributed by atoms with E-state index in [0.717, 1.165) is 18.4 Å². The molecule has 0 aromatic heterocycles. The Bertz CT molecular complexity index is 412. The van der Waals surface area contributed by atoms with E-state index >= 15 is 0 Å². The van der Waals surface area contributed by atoms with E-state index in [1.54, 1.807) is 18.2 Å². The standard InChI is InChI=1S/C13H14Cl2O2/c14-11-1-2-12(15)10(7-11)8-13(16)9-3-5-17-6-4-9/h1-2,7,9H,3-6,8H2. The second-order valence-electron chi connectivity index (χ2n) is 4.27. The number of hydrogen-bond acceptors (Lipinski definition) is 2. The number of ether oxygens (including phenoxy) is 1. The van der Waals surface area contributed by atoms with Gasteiger partial charge in [0, 0.05) is 35.6 Å². The second kappa shape index (κ2) is 5.85. The third-order valence-electron chi connectivity index (χ3n) is 3.05. The molecule has 2 nitrogen and oxygen atoms in total. The number of carbonyl (C=O) groups excluding carboxylic acids is 1. The van der Waals surface area contributed by atoms with Crippen molar-refractivity contribution in [1.82, 2.24) is 0 Å². The Hall–Kier alpha value is -0.570. The average Bonchev–Trinajstić information content (AvgIpc) is 2.35. The van der Waals surface area contributed by atoms with Gasteiger partial charge in [-0.05, 0) is 36.6 Å². The van der Waals surface area contributed by atoms with Gasteiger partial charge in [-0.15, -0.1) is 0 Å². The third-order valence-corrected chi connectivity index (χ3v) is 3.65. The summed E-state index contributed by atoms with van der Waals surface area (Å²) >= 11 is 11.9. The minimum absolute atomic E-state index is 0.110. The predicted molar refractivity (Wildman–Crippen MR) is 68.7 cm³/mol. The van der Waals surface area contributed by atoms with Crippen LogP contribution in [0.25, 0.3) is 0 Å². The van der Waals surface area contributed by atoms with Gasteiger partial charge in [0.2, 0.25) is 0 Å². The molecule has 0 bridgehead atoms. The van der Waals surface area contributed by atoms with Crippen LogP contribution in [0.15, 0.2) is 18.2 Å². The lowest BCUT2D eigenvalue weighted by molar-refractivity contribution is -0.125. The molecule has 0 radical (unpaired) electrons. The fraction of sp³-hybridized carbons (Fsp3) is 0.462. The normalized spacial score (nSPS) is 17.1. The van der Waals surface area contributed by atoms with Crippen LogP contribution in [0.2, 0.25) is 10.0 Å². The molecular weight excluding hydrogens is 259 g/mol. The molecule has 1 aromatic carbocycles. The highest BCUT2D eigenvalue weighted by Crippen LogP contribution is 2.24. The molecule has 1 aliphatic heterocycles. The molecule has 0 unspecified atom stereocenters. The molecule has 0 spiro atoms. The van der Waals surface area contributed by atoms with E-state index in [4.69, 9.17) is 27.9 Å². The summed E-state index contributed by atoms with van der Waals surface area (Å²) < 4.78 is 5.24. The van der Waals surface area contributed by atoms with Crippen LogP contribution >= 0.6 is 23.2 Å². The van der Waals surface area contributed by atoms with Gasteiger partial charge < -0.3 is 4.74 Å². The largest absolute Gasteiger partial charge is 0.381 e. The first-order valence-corrected chi connectivity index (χ1v) is 6.47. The van der Waals surface area contributed by atoms with E-state index in [1.807, 2.05) is 0 Å². The molecule has 4 heteroatoms. The van der Waals surface area contributed by atoms with Crippen molar-refractivity contribution in [3.05, 3.63) is 33.8 Å². The summed E-state index contributed by atoms with van der Waals surface area (Å²) in [6.45, 7) is 1.36. The summed E-state index contributed by atoms with van der Waals surface area (Å²) in [6.07, 6.45) is 2.00. The van der Waals surface area contributed by atoms with Crippen molar-refractivity contribution in [1.29, 1.82) is 0 Å². The topological polar surface area (TPSA) is 26.3 Å². The predicted octanol–water partition coefficient (Wildman–Crippen LogP) is 3.53. The monoisotopic (exact) mass is 272 g/mol. The first-order chi connectivity index (χ1) is 8.16. The summed E-state index contributed by atoms with van der Waals surface area (Å²) in [4.78, 5) is 12.1. The Morgan fingerprint density at radius 3 is 2.71 bits per heavy atom. The van der Waals surface area contributed by atoms with Crippen LogP contribution in [0.3, 0.4) is 0 Å². The van der Waals surface area contributed by atoms with Crippen molar-refractivity contribution in [2.45, 2.75) is 19.3 Å². The second-order valence-corrected chi connectivity index (χ2v) is 5.11. The van der Waals surface area contributed by atoms with Gasteiger partial charge in [-0.25, -0.2) is 0 Å². The van der Waals surface area contributed by atoms with E-state index in [-0.39, 0.29) is 11.7 Å². The van der Waals surface area contributed by atoms with E-state index in [1.165, 1.54) is 0 Å². The van der Waals surface area contributed by atoms with Crippen LogP contribution in [0, 0.1) is 5.92 Å². The van der Waals surface area contributed by atoms with Gasteiger partial charge in [-0.2, -0.15) is 0 Å². The highest BCUT2D eigenvalue weighted by atomic mass is 35.5. The van der Waals surface area contributed by atoms with E-state index < -0.39 is 0 Å². The number of hydrogen-bond donors (Lipinski definition) is 0. The Kier molecular flexibility index (Phi) is 4.43. The molecule has 0 amide bonds. The molecule has 0 aliphatic carbocycles. The van der Waals surface area contributed by atoms with Gasteiger partial charge in [0.15, 0.2) is 0 Å². The van der Waals surface area contributed by atoms with Crippen LogP contribution in [-0.4, -0.2) is 19.0 Å². The molecule has 1 fully saturated rings. The zero-order chi connectivity index (χ0) is 12.3. The van der Waals surface area contributed by atoms with E-state index in [2.05, 4.69) is 0 Å². The molecule has 1 aromatic rings. The van der Waals surface area contributed by atoms with Crippen LogP contribution in [0.5, 0.6) is 0 Å². The first-order valence-electron chi connectivity index (χ1n) is 5.71. The number of benzene rings is 1. The summed E-state index contributed by atoms with van der Waals surface area (Å²) in [5, 5.41) is 1.22. The maximum atomic E-state index is 12.1.